The van der Waals surface area contributed by atoms with E-state index in [0.29, 0.717) is 23.9 Å². The minimum atomic E-state index is -0.310. The number of carbonyl (C=O) groups excluding carboxylic acids is 1. The summed E-state index contributed by atoms with van der Waals surface area (Å²) < 4.78 is 4.95. The molecule has 7 nitrogen and oxygen atoms in total. The normalized spacial score (nSPS) is 10.3. The number of aromatic nitrogens is 2. The maximum absolute atomic E-state index is 12.2. The molecule has 1 aromatic heterocycles. The number of carbonyl (C=O) groups is 1. The summed E-state index contributed by atoms with van der Waals surface area (Å²) >= 11 is 0. The van der Waals surface area contributed by atoms with Crippen molar-refractivity contribution < 1.29 is 14.4 Å². The van der Waals surface area contributed by atoms with Crippen molar-refractivity contribution in [3.05, 3.63) is 42.8 Å². The van der Waals surface area contributed by atoms with Gasteiger partial charge in [-0.05, 0) is 12.1 Å². The lowest BCUT2D eigenvalue weighted by Gasteiger charge is -2.20. The summed E-state index contributed by atoms with van der Waals surface area (Å²) in [5, 5.41) is 15.6. The third-order valence-corrected chi connectivity index (χ3v) is 2.91. The van der Waals surface area contributed by atoms with Gasteiger partial charge >= 0.3 is 6.03 Å². The largest absolute Gasteiger partial charge is 0.395 e. The summed E-state index contributed by atoms with van der Waals surface area (Å²) in [6, 6.07) is 6.83. The summed E-state index contributed by atoms with van der Waals surface area (Å²) in [6.07, 6.45) is 1.60. The van der Waals surface area contributed by atoms with Crippen molar-refractivity contribution in [2.24, 2.45) is 0 Å². The number of benzene rings is 1. The van der Waals surface area contributed by atoms with E-state index in [2.05, 4.69) is 22.0 Å². The van der Waals surface area contributed by atoms with Gasteiger partial charge in [0.15, 0.2) is 0 Å². The highest BCUT2D eigenvalue weighted by Gasteiger charge is 2.12. The smallest absolute Gasteiger partial charge is 0.322 e. The number of aliphatic hydroxyl groups excluding tert-OH is 1. The first-order chi connectivity index (χ1) is 10.6. The van der Waals surface area contributed by atoms with E-state index in [4.69, 9.17) is 9.63 Å². The standard InChI is InChI=1S/C15H18N4O3/c1-3-7-19(8-9-20)15(21)17-13-6-4-5-12(10-13)14-16-11(2)22-18-14/h3-6,10,20H,1,7-9H2,2H3,(H,17,21). The second-order valence-electron chi connectivity index (χ2n) is 4.61. The van der Waals surface area contributed by atoms with E-state index < -0.39 is 0 Å². The lowest BCUT2D eigenvalue weighted by Crippen LogP contribution is -2.37. The van der Waals surface area contributed by atoms with Crippen molar-refractivity contribution in [1.82, 2.24) is 15.0 Å². The highest BCUT2D eigenvalue weighted by molar-refractivity contribution is 5.90. The molecule has 2 aromatic rings. The lowest BCUT2D eigenvalue weighted by molar-refractivity contribution is 0.195. The van der Waals surface area contributed by atoms with Crippen molar-refractivity contribution in [2.75, 3.05) is 25.0 Å². The molecule has 0 spiro atoms. The zero-order valence-corrected chi connectivity index (χ0v) is 12.3. The van der Waals surface area contributed by atoms with E-state index >= 15 is 0 Å². The van der Waals surface area contributed by atoms with Crippen LogP contribution in [-0.4, -0.2) is 45.9 Å². The molecule has 0 fully saturated rings. The Kier molecular flexibility index (Phi) is 5.26. The van der Waals surface area contributed by atoms with Gasteiger partial charge in [-0.2, -0.15) is 4.98 Å². The number of nitrogens with one attached hydrogen (secondary N) is 1. The summed E-state index contributed by atoms with van der Waals surface area (Å²) in [5.74, 6) is 0.941. The van der Waals surface area contributed by atoms with Crippen molar-refractivity contribution in [3.8, 4) is 11.4 Å². The van der Waals surface area contributed by atoms with Crippen LogP contribution in [0.2, 0.25) is 0 Å². The maximum Gasteiger partial charge on any atom is 0.322 e. The van der Waals surface area contributed by atoms with E-state index in [1.54, 1.807) is 31.2 Å². The van der Waals surface area contributed by atoms with Gasteiger partial charge in [0.05, 0.1) is 6.61 Å². The molecule has 1 heterocycles. The molecule has 2 rings (SSSR count). The SMILES string of the molecule is C=CCN(CCO)C(=O)Nc1cccc(-c2noc(C)n2)c1. The number of hydrogen-bond donors (Lipinski definition) is 2. The predicted octanol–water partition coefficient (Wildman–Crippen LogP) is 2.06. The molecule has 116 valence electrons. The van der Waals surface area contributed by atoms with E-state index in [1.165, 1.54) is 4.90 Å². The molecule has 0 saturated carbocycles. The predicted molar refractivity (Wildman–Crippen MR) is 82.3 cm³/mol. The van der Waals surface area contributed by atoms with Crippen molar-refractivity contribution >= 4 is 11.7 Å². The molecule has 0 saturated heterocycles. The summed E-state index contributed by atoms with van der Waals surface area (Å²) in [6.45, 7) is 5.80. The first kappa shape index (κ1) is 15.7. The minimum Gasteiger partial charge on any atom is -0.395 e. The van der Waals surface area contributed by atoms with Crippen LogP contribution in [0.3, 0.4) is 0 Å². The van der Waals surface area contributed by atoms with Gasteiger partial charge in [-0.1, -0.05) is 23.4 Å². The molecule has 1 aromatic carbocycles. The van der Waals surface area contributed by atoms with Gasteiger partial charge in [-0.15, -0.1) is 6.58 Å². The molecular formula is C15H18N4O3. The third kappa shape index (κ3) is 3.92. The number of hydrogen-bond acceptors (Lipinski definition) is 5. The Morgan fingerprint density at radius 1 is 1.55 bits per heavy atom. The molecule has 0 unspecified atom stereocenters. The number of anilines is 1. The fourth-order valence-electron chi connectivity index (χ4n) is 1.91. The average molecular weight is 302 g/mol. The van der Waals surface area contributed by atoms with Crippen molar-refractivity contribution in [3.63, 3.8) is 0 Å². The van der Waals surface area contributed by atoms with Crippen LogP contribution >= 0.6 is 0 Å². The quantitative estimate of drug-likeness (QED) is 0.797. The molecular weight excluding hydrogens is 284 g/mol. The number of amides is 2. The summed E-state index contributed by atoms with van der Waals surface area (Å²) in [7, 11) is 0. The summed E-state index contributed by atoms with van der Waals surface area (Å²) in [4.78, 5) is 17.8. The zero-order valence-electron chi connectivity index (χ0n) is 12.3. The van der Waals surface area contributed by atoms with Gasteiger partial charge in [-0.3, -0.25) is 0 Å². The Morgan fingerprint density at radius 2 is 2.36 bits per heavy atom. The highest BCUT2D eigenvalue weighted by Crippen LogP contribution is 2.20. The first-order valence-electron chi connectivity index (χ1n) is 6.82. The number of aliphatic hydroxyl groups is 1. The molecule has 0 aliphatic heterocycles. The van der Waals surface area contributed by atoms with Gasteiger partial charge in [0.25, 0.3) is 0 Å². The van der Waals surface area contributed by atoms with Gasteiger partial charge in [0, 0.05) is 31.3 Å². The second-order valence-corrected chi connectivity index (χ2v) is 4.61. The van der Waals surface area contributed by atoms with Crippen molar-refractivity contribution in [1.29, 1.82) is 0 Å². The van der Waals surface area contributed by atoms with Gasteiger partial charge in [0.2, 0.25) is 11.7 Å². The monoisotopic (exact) mass is 302 g/mol. The average Bonchev–Trinajstić information content (AvgIpc) is 2.94. The van der Waals surface area contributed by atoms with E-state index in [1.807, 2.05) is 6.07 Å². The topological polar surface area (TPSA) is 91.5 Å². The van der Waals surface area contributed by atoms with Crippen LogP contribution in [0.4, 0.5) is 10.5 Å². The van der Waals surface area contributed by atoms with Gasteiger partial charge in [0.1, 0.15) is 0 Å². The second kappa shape index (κ2) is 7.37. The fourth-order valence-corrected chi connectivity index (χ4v) is 1.91. The van der Waals surface area contributed by atoms with E-state index in [-0.39, 0.29) is 19.2 Å². The van der Waals surface area contributed by atoms with E-state index in [0.717, 1.165) is 5.56 Å². The Labute approximate surface area is 128 Å². The highest BCUT2D eigenvalue weighted by atomic mass is 16.5. The number of rotatable bonds is 6. The third-order valence-electron chi connectivity index (χ3n) is 2.91. The fraction of sp³-hybridized carbons (Fsp3) is 0.267. The van der Waals surface area contributed by atoms with Crippen LogP contribution in [0.1, 0.15) is 5.89 Å². The van der Waals surface area contributed by atoms with Crippen LogP contribution in [0.5, 0.6) is 0 Å². The number of urea groups is 1. The summed E-state index contributed by atoms with van der Waals surface area (Å²) in [5.41, 5.74) is 1.35. The Morgan fingerprint density at radius 3 is 3.00 bits per heavy atom. The molecule has 2 amide bonds. The Balaban J connectivity index is 2.12. The maximum atomic E-state index is 12.2. The molecule has 0 aliphatic carbocycles. The van der Waals surface area contributed by atoms with E-state index in [9.17, 15) is 4.79 Å². The van der Waals surface area contributed by atoms with Gasteiger partial charge < -0.3 is 19.8 Å². The Hall–Kier alpha value is -2.67. The van der Waals surface area contributed by atoms with Crippen LogP contribution in [0.25, 0.3) is 11.4 Å². The number of nitrogens with zero attached hydrogens (tertiary/aromatic N) is 3. The molecule has 22 heavy (non-hydrogen) atoms. The lowest BCUT2D eigenvalue weighted by atomic mass is 10.2. The zero-order chi connectivity index (χ0) is 15.9. The molecule has 0 bridgehead atoms. The van der Waals surface area contributed by atoms with Crippen molar-refractivity contribution in [2.45, 2.75) is 6.92 Å². The van der Waals surface area contributed by atoms with Gasteiger partial charge in [-0.25, -0.2) is 4.79 Å². The van der Waals surface area contributed by atoms with Crippen LogP contribution in [-0.2, 0) is 0 Å². The van der Waals surface area contributed by atoms with Crippen LogP contribution in [0.15, 0.2) is 41.4 Å². The number of aryl methyl sites for hydroxylation is 1. The first-order valence-corrected chi connectivity index (χ1v) is 6.82. The molecule has 0 radical (unpaired) electrons. The molecule has 0 aliphatic rings. The molecule has 0 atom stereocenters. The molecule has 2 N–H and O–H groups in total. The molecule has 7 heteroatoms. The van der Waals surface area contributed by atoms with Crippen LogP contribution < -0.4 is 5.32 Å². The van der Waals surface area contributed by atoms with Crippen LogP contribution in [0, 0.1) is 6.92 Å². The Bertz CT molecular complexity index is 654. The minimum absolute atomic E-state index is 0.108.